The van der Waals surface area contributed by atoms with Gasteiger partial charge in [-0.15, -0.1) is 0 Å². The van der Waals surface area contributed by atoms with Crippen molar-refractivity contribution in [2.45, 2.75) is 20.8 Å². The lowest BCUT2D eigenvalue weighted by Gasteiger charge is -1.94. The minimum atomic E-state index is -0.506. The lowest BCUT2D eigenvalue weighted by molar-refractivity contribution is -0.385. The highest BCUT2D eigenvalue weighted by Crippen LogP contribution is 2.19. The van der Waals surface area contributed by atoms with Gasteiger partial charge in [0.1, 0.15) is 5.69 Å². The zero-order chi connectivity index (χ0) is 10.4. The van der Waals surface area contributed by atoms with Crippen molar-refractivity contribution in [2.75, 3.05) is 0 Å². The van der Waals surface area contributed by atoms with E-state index in [1.165, 1.54) is 12.3 Å². The Morgan fingerprint density at radius 2 is 2.08 bits per heavy atom. The highest BCUT2D eigenvalue weighted by Gasteiger charge is 2.10. The second-order valence-corrected chi connectivity index (χ2v) is 2.45. The van der Waals surface area contributed by atoms with Gasteiger partial charge in [-0.1, -0.05) is 25.4 Å². The summed E-state index contributed by atoms with van der Waals surface area (Å²) in [5.41, 5.74) is 0.330. The van der Waals surface area contributed by atoms with Crippen molar-refractivity contribution in [2.24, 2.45) is 0 Å². The van der Waals surface area contributed by atoms with Gasteiger partial charge in [-0.05, 0) is 6.92 Å². The number of rotatable bonds is 1. The molecule has 0 bridgehead atoms. The van der Waals surface area contributed by atoms with Crippen LogP contribution in [0, 0.1) is 17.0 Å². The van der Waals surface area contributed by atoms with Crippen molar-refractivity contribution < 1.29 is 4.92 Å². The molecule has 5 heteroatoms. The maximum Gasteiger partial charge on any atom is 0.291 e. The number of nitro groups is 1. The molecule has 1 aromatic rings. The average Bonchev–Trinajstić information content (AvgIpc) is 2.12. The van der Waals surface area contributed by atoms with Crippen LogP contribution >= 0.6 is 11.6 Å². The summed E-state index contributed by atoms with van der Waals surface area (Å²) in [7, 11) is 0. The highest BCUT2D eigenvalue weighted by molar-refractivity contribution is 6.30. The fourth-order valence-electron chi connectivity index (χ4n) is 0.682. The summed E-state index contributed by atoms with van der Waals surface area (Å²) in [6.45, 7) is 5.56. The number of aryl methyl sites for hydroxylation is 1. The molecule has 1 heterocycles. The van der Waals surface area contributed by atoms with Crippen molar-refractivity contribution in [1.82, 2.24) is 4.98 Å². The number of nitrogens with zero attached hydrogens (tertiary/aromatic N) is 2. The first kappa shape index (κ1) is 11.8. The summed E-state index contributed by atoms with van der Waals surface area (Å²) in [5.74, 6) is 0. The SMILES string of the molecule is CC.Cc1ncc(Cl)cc1[N+](=O)[O-]. The third kappa shape index (κ3) is 3.38. The fraction of sp³-hybridized carbons (Fsp3) is 0.375. The maximum absolute atomic E-state index is 10.3. The molecule has 0 atom stereocenters. The third-order valence-electron chi connectivity index (χ3n) is 1.22. The fourth-order valence-corrected chi connectivity index (χ4v) is 0.834. The number of hydrogen-bond acceptors (Lipinski definition) is 3. The molecule has 0 aromatic carbocycles. The second-order valence-electron chi connectivity index (χ2n) is 2.02. The number of pyridine rings is 1. The minimum absolute atomic E-state index is 0.0440. The summed E-state index contributed by atoms with van der Waals surface area (Å²) in [6.07, 6.45) is 1.38. The molecule has 1 rings (SSSR count). The van der Waals surface area contributed by atoms with Gasteiger partial charge >= 0.3 is 0 Å². The lowest BCUT2D eigenvalue weighted by atomic mass is 10.3. The molecule has 0 unspecified atom stereocenters. The number of halogens is 1. The zero-order valence-electron chi connectivity index (χ0n) is 7.74. The van der Waals surface area contributed by atoms with Crippen molar-refractivity contribution in [1.29, 1.82) is 0 Å². The molecule has 0 N–H and O–H groups in total. The Bertz CT molecular complexity index is 302. The van der Waals surface area contributed by atoms with Crippen molar-refractivity contribution >= 4 is 17.3 Å². The standard InChI is InChI=1S/C6H5ClN2O2.C2H6/c1-4-6(9(10)11)2-5(7)3-8-4;1-2/h2-3H,1H3;1-2H3. The molecule has 1 aromatic heterocycles. The van der Waals surface area contributed by atoms with Gasteiger partial charge in [0.05, 0.1) is 9.95 Å². The molecular formula is C8H11ClN2O2. The molecule has 0 aliphatic rings. The lowest BCUT2D eigenvalue weighted by Crippen LogP contribution is -1.93. The van der Waals surface area contributed by atoms with Crippen LogP contribution in [0.2, 0.25) is 5.02 Å². The van der Waals surface area contributed by atoms with Gasteiger partial charge in [-0.2, -0.15) is 0 Å². The normalized spacial score (nSPS) is 8.62. The Morgan fingerprint density at radius 3 is 2.46 bits per heavy atom. The van der Waals surface area contributed by atoms with Gasteiger partial charge in [-0.25, -0.2) is 0 Å². The molecular weight excluding hydrogens is 192 g/mol. The van der Waals surface area contributed by atoms with Crippen LogP contribution in [0.5, 0.6) is 0 Å². The van der Waals surface area contributed by atoms with Crippen LogP contribution in [0.25, 0.3) is 0 Å². The smallest absolute Gasteiger partial charge is 0.258 e. The molecule has 0 aliphatic carbocycles. The van der Waals surface area contributed by atoms with Crippen molar-refractivity contribution in [3.05, 3.63) is 33.1 Å². The summed E-state index contributed by atoms with van der Waals surface area (Å²) < 4.78 is 0. The van der Waals surface area contributed by atoms with Gasteiger partial charge in [-0.3, -0.25) is 15.1 Å². The molecule has 0 aliphatic heterocycles. The van der Waals surface area contributed by atoms with E-state index in [0.717, 1.165) is 0 Å². The van der Waals surface area contributed by atoms with E-state index in [1.54, 1.807) is 6.92 Å². The van der Waals surface area contributed by atoms with E-state index < -0.39 is 4.92 Å². The van der Waals surface area contributed by atoms with Gasteiger partial charge < -0.3 is 0 Å². The van der Waals surface area contributed by atoms with E-state index in [1.807, 2.05) is 13.8 Å². The Hall–Kier alpha value is -1.16. The molecule has 0 radical (unpaired) electrons. The van der Waals surface area contributed by atoms with Crippen LogP contribution < -0.4 is 0 Å². The maximum atomic E-state index is 10.3. The predicted molar refractivity (Wildman–Crippen MR) is 52.0 cm³/mol. The molecule has 0 fully saturated rings. The number of aromatic nitrogens is 1. The monoisotopic (exact) mass is 202 g/mol. The van der Waals surface area contributed by atoms with Crippen LogP contribution in [0.3, 0.4) is 0 Å². The summed E-state index contributed by atoms with van der Waals surface area (Å²) in [4.78, 5) is 13.5. The van der Waals surface area contributed by atoms with E-state index in [4.69, 9.17) is 11.6 Å². The van der Waals surface area contributed by atoms with Crippen molar-refractivity contribution in [3.63, 3.8) is 0 Å². The van der Waals surface area contributed by atoms with Crippen LogP contribution in [-0.4, -0.2) is 9.91 Å². The van der Waals surface area contributed by atoms with E-state index in [2.05, 4.69) is 4.98 Å². The summed E-state index contributed by atoms with van der Waals surface area (Å²) in [6, 6.07) is 1.28. The van der Waals surface area contributed by atoms with Gasteiger partial charge in [0.25, 0.3) is 5.69 Å². The Morgan fingerprint density at radius 1 is 1.54 bits per heavy atom. The first-order valence-electron chi connectivity index (χ1n) is 3.88. The predicted octanol–water partition coefficient (Wildman–Crippen LogP) is 2.98. The third-order valence-corrected chi connectivity index (χ3v) is 1.43. The molecule has 0 amide bonds. The largest absolute Gasteiger partial charge is 0.291 e. The van der Waals surface area contributed by atoms with Crippen molar-refractivity contribution in [3.8, 4) is 0 Å². The summed E-state index contributed by atoms with van der Waals surface area (Å²) in [5, 5.41) is 10.6. The van der Waals surface area contributed by atoms with Gasteiger partial charge in [0.2, 0.25) is 0 Å². The molecule has 0 saturated carbocycles. The minimum Gasteiger partial charge on any atom is -0.258 e. The molecule has 13 heavy (non-hydrogen) atoms. The Labute approximate surface area is 81.7 Å². The molecule has 72 valence electrons. The van der Waals surface area contributed by atoms with Crippen LogP contribution in [0.1, 0.15) is 19.5 Å². The highest BCUT2D eigenvalue weighted by atomic mass is 35.5. The van der Waals surface area contributed by atoms with Gasteiger partial charge in [0.15, 0.2) is 0 Å². The first-order valence-corrected chi connectivity index (χ1v) is 4.25. The van der Waals surface area contributed by atoms with E-state index >= 15 is 0 Å². The summed E-state index contributed by atoms with van der Waals surface area (Å²) >= 11 is 5.49. The Kier molecular flexibility index (Phi) is 4.99. The average molecular weight is 203 g/mol. The molecule has 0 saturated heterocycles. The first-order chi connectivity index (χ1) is 6.11. The van der Waals surface area contributed by atoms with E-state index in [-0.39, 0.29) is 10.7 Å². The molecule has 0 spiro atoms. The van der Waals surface area contributed by atoms with Gasteiger partial charge in [0, 0.05) is 12.3 Å². The van der Waals surface area contributed by atoms with Crippen LogP contribution in [0.4, 0.5) is 5.69 Å². The molecule has 4 nitrogen and oxygen atoms in total. The van der Waals surface area contributed by atoms with Crippen LogP contribution in [0.15, 0.2) is 12.3 Å². The quantitative estimate of drug-likeness (QED) is 0.520. The number of hydrogen-bond donors (Lipinski definition) is 0. The Balaban J connectivity index is 0.000000671. The second kappa shape index (κ2) is 5.48. The topological polar surface area (TPSA) is 56.0 Å². The van der Waals surface area contributed by atoms with Crippen LogP contribution in [-0.2, 0) is 0 Å². The zero-order valence-corrected chi connectivity index (χ0v) is 8.50. The van der Waals surface area contributed by atoms with E-state index in [9.17, 15) is 10.1 Å². The van der Waals surface area contributed by atoms with E-state index in [0.29, 0.717) is 5.69 Å².